The Balaban J connectivity index is 1.75. The Morgan fingerprint density at radius 3 is 2.50 bits per heavy atom. The molecule has 0 saturated carbocycles. The summed E-state index contributed by atoms with van der Waals surface area (Å²) < 4.78 is 16.7. The zero-order valence-corrected chi connectivity index (χ0v) is 16.7. The van der Waals surface area contributed by atoms with Gasteiger partial charge < -0.3 is 24.1 Å². The van der Waals surface area contributed by atoms with Crippen molar-refractivity contribution in [3.63, 3.8) is 0 Å². The second-order valence-corrected chi connectivity index (χ2v) is 6.34. The number of pyridine rings is 1. The number of carbonyl (C=O) groups is 2. The number of hydrogen-bond donors (Lipinski definition) is 1. The number of anilines is 1. The maximum Gasteiger partial charge on any atom is 0.344 e. The van der Waals surface area contributed by atoms with Crippen LogP contribution in [0.4, 0.5) is 5.69 Å². The lowest BCUT2D eigenvalue weighted by atomic mass is 10.1. The summed E-state index contributed by atoms with van der Waals surface area (Å²) in [5.74, 6) is 0.251. The van der Waals surface area contributed by atoms with Crippen molar-refractivity contribution in [1.29, 1.82) is 0 Å². The smallest absolute Gasteiger partial charge is 0.344 e. The molecular formula is C22H22N2O6. The number of nitrogens with zero attached hydrogens (tertiary/aromatic N) is 1. The van der Waals surface area contributed by atoms with Crippen LogP contribution in [0.25, 0.3) is 10.8 Å². The highest BCUT2D eigenvalue weighted by Crippen LogP contribution is 2.23. The molecule has 8 nitrogen and oxygen atoms in total. The molecular weight excluding hydrogens is 388 g/mol. The Bertz CT molecular complexity index is 1100. The van der Waals surface area contributed by atoms with Crippen molar-refractivity contribution in [2.45, 2.75) is 13.5 Å². The fraction of sp³-hybridized carbons (Fsp3) is 0.227. The first kappa shape index (κ1) is 20.9. The molecule has 0 bridgehead atoms. The van der Waals surface area contributed by atoms with E-state index in [0.717, 1.165) is 0 Å². The molecule has 1 aromatic heterocycles. The fourth-order valence-corrected chi connectivity index (χ4v) is 2.91. The van der Waals surface area contributed by atoms with E-state index in [1.807, 2.05) is 0 Å². The van der Waals surface area contributed by atoms with Crippen LogP contribution in [-0.2, 0) is 20.9 Å². The lowest BCUT2D eigenvalue weighted by molar-refractivity contribution is -0.145. The van der Waals surface area contributed by atoms with Gasteiger partial charge in [-0.1, -0.05) is 6.07 Å². The first-order valence-electron chi connectivity index (χ1n) is 9.36. The Labute approximate surface area is 173 Å². The molecule has 156 valence electrons. The zero-order chi connectivity index (χ0) is 21.5. The van der Waals surface area contributed by atoms with Crippen LogP contribution in [0.5, 0.6) is 11.5 Å². The van der Waals surface area contributed by atoms with Gasteiger partial charge in [-0.05, 0) is 49.4 Å². The summed E-state index contributed by atoms with van der Waals surface area (Å²) in [6, 6.07) is 13.5. The summed E-state index contributed by atoms with van der Waals surface area (Å²) in [6.45, 7) is 1.58. The Morgan fingerprint density at radius 2 is 1.80 bits per heavy atom. The Morgan fingerprint density at radius 1 is 1.03 bits per heavy atom. The standard InChI is InChI=1S/C22H22N2O6/c1-3-29-21(26)14-30-19-6-4-5-18-17(19)11-12-24(22(18)27)13-20(25)23-15-7-9-16(28-2)10-8-15/h4-12H,3,13-14H2,1-2H3,(H,23,25). The number of methoxy groups -OCH3 is 1. The lowest BCUT2D eigenvalue weighted by Gasteiger charge is -2.11. The predicted molar refractivity (Wildman–Crippen MR) is 112 cm³/mol. The number of carbonyl (C=O) groups excluding carboxylic acids is 2. The van der Waals surface area contributed by atoms with Crippen LogP contribution < -0.4 is 20.3 Å². The normalized spacial score (nSPS) is 10.5. The predicted octanol–water partition coefficient (Wildman–Crippen LogP) is 2.59. The summed E-state index contributed by atoms with van der Waals surface area (Å²) in [4.78, 5) is 36.7. The Kier molecular flexibility index (Phi) is 6.69. The van der Waals surface area contributed by atoms with Gasteiger partial charge in [-0.2, -0.15) is 0 Å². The number of rotatable bonds is 8. The third kappa shape index (κ3) is 4.96. The molecule has 3 rings (SSSR count). The number of benzene rings is 2. The van der Waals surface area contributed by atoms with Gasteiger partial charge in [-0.15, -0.1) is 0 Å². The minimum atomic E-state index is -0.488. The van der Waals surface area contributed by atoms with Gasteiger partial charge in [0, 0.05) is 17.3 Å². The second-order valence-electron chi connectivity index (χ2n) is 6.34. The van der Waals surface area contributed by atoms with Gasteiger partial charge in [0.1, 0.15) is 18.0 Å². The maximum atomic E-state index is 12.8. The summed E-state index contributed by atoms with van der Waals surface area (Å²) in [5, 5.41) is 3.68. The van der Waals surface area contributed by atoms with Crippen LogP contribution in [0.1, 0.15) is 6.92 Å². The third-order valence-electron chi connectivity index (χ3n) is 4.32. The lowest BCUT2D eigenvalue weighted by Crippen LogP contribution is -2.27. The van der Waals surface area contributed by atoms with E-state index in [9.17, 15) is 14.4 Å². The van der Waals surface area contributed by atoms with Gasteiger partial charge in [-0.25, -0.2) is 4.79 Å². The molecule has 0 saturated heterocycles. The van der Waals surface area contributed by atoms with E-state index in [1.54, 1.807) is 62.6 Å². The van der Waals surface area contributed by atoms with Crippen LogP contribution in [-0.4, -0.2) is 36.8 Å². The number of nitrogens with one attached hydrogen (secondary N) is 1. The maximum absolute atomic E-state index is 12.8. The molecule has 2 aromatic carbocycles. The molecule has 1 amide bonds. The number of amides is 1. The van der Waals surface area contributed by atoms with Gasteiger partial charge in [-0.3, -0.25) is 9.59 Å². The average molecular weight is 410 g/mol. The summed E-state index contributed by atoms with van der Waals surface area (Å²) in [5.41, 5.74) is 0.267. The minimum absolute atomic E-state index is 0.144. The fourth-order valence-electron chi connectivity index (χ4n) is 2.91. The number of ether oxygens (including phenoxy) is 3. The first-order valence-corrected chi connectivity index (χ1v) is 9.36. The van der Waals surface area contributed by atoms with Gasteiger partial charge in [0.25, 0.3) is 5.56 Å². The molecule has 0 atom stereocenters. The average Bonchev–Trinajstić information content (AvgIpc) is 2.75. The number of esters is 1. The molecule has 0 aliphatic heterocycles. The Hall–Kier alpha value is -3.81. The van der Waals surface area contributed by atoms with Gasteiger partial charge >= 0.3 is 5.97 Å². The molecule has 8 heteroatoms. The summed E-state index contributed by atoms with van der Waals surface area (Å²) in [6.07, 6.45) is 1.52. The molecule has 0 aliphatic rings. The van der Waals surface area contributed by atoms with Crippen molar-refractivity contribution in [3.8, 4) is 11.5 Å². The SMILES string of the molecule is CCOC(=O)COc1cccc2c(=O)n(CC(=O)Nc3ccc(OC)cc3)ccc12. The van der Waals surface area contributed by atoms with Crippen LogP contribution in [0.2, 0.25) is 0 Å². The van der Waals surface area contributed by atoms with E-state index >= 15 is 0 Å². The van der Waals surface area contributed by atoms with Crippen molar-refractivity contribution in [1.82, 2.24) is 4.57 Å². The molecule has 0 unspecified atom stereocenters. The first-order chi connectivity index (χ1) is 14.5. The monoisotopic (exact) mass is 410 g/mol. The van der Waals surface area contributed by atoms with E-state index in [-0.39, 0.29) is 31.2 Å². The summed E-state index contributed by atoms with van der Waals surface area (Å²) in [7, 11) is 1.56. The van der Waals surface area contributed by atoms with E-state index in [2.05, 4.69) is 5.32 Å². The van der Waals surface area contributed by atoms with Gasteiger partial charge in [0.15, 0.2) is 6.61 Å². The second kappa shape index (κ2) is 9.60. The molecule has 0 aliphatic carbocycles. The molecule has 0 spiro atoms. The number of aromatic nitrogens is 1. The van der Waals surface area contributed by atoms with Crippen molar-refractivity contribution in [2.24, 2.45) is 0 Å². The zero-order valence-electron chi connectivity index (χ0n) is 16.7. The molecule has 0 fully saturated rings. The molecule has 3 aromatic rings. The van der Waals surface area contributed by atoms with Crippen LogP contribution in [0.3, 0.4) is 0 Å². The molecule has 30 heavy (non-hydrogen) atoms. The van der Waals surface area contributed by atoms with E-state index in [0.29, 0.717) is 28.0 Å². The minimum Gasteiger partial charge on any atom is -0.497 e. The van der Waals surface area contributed by atoms with Crippen LogP contribution >= 0.6 is 0 Å². The topological polar surface area (TPSA) is 95.9 Å². The van der Waals surface area contributed by atoms with Crippen molar-refractivity contribution < 1.29 is 23.8 Å². The van der Waals surface area contributed by atoms with Crippen molar-refractivity contribution in [2.75, 3.05) is 25.6 Å². The number of hydrogen-bond acceptors (Lipinski definition) is 6. The largest absolute Gasteiger partial charge is 0.497 e. The van der Waals surface area contributed by atoms with Gasteiger partial charge in [0.05, 0.1) is 19.1 Å². The highest BCUT2D eigenvalue weighted by molar-refractivity contribution is 5.91. The highest BCUT2D eigenvalue weighted by Gasteiger charge is 2.12. The number of fused-ring (bicyclic) bond motifs is 1. The van der Waals surface area contributed by atoms with E-state index in [4.69, 9.17) is 14.2 Å². The third-order valence-corrected chi connectivity index (χ3v) is 4.32. The van der Waals surface area contributed by atoms with E-state index < -0.39 is 5.97 Å². The molecule has 1 N–H and O–H groups in total. The highest BCUT2D eigenvalue weighted by atomic mass is 16.6. The van der Waals surface area contributed by atoms with Crippen molar-refractivity contribution >= 4 is 28.3 Å². The molecule has 1 heterocycles. The summed E-state index contributed by atoms with van der Waals surface area (Å²) >= 11 is 0. The van der Waals surface area contributed by atoms with Crippen LogP contribution in [0, 0.1) is 0 Å². The molecule has 0 radical (unpaired) electrons. The van der Waals surface area contributed by atoms with Crippen molar-refractivity contribution in [3.05, 3.63) is 65.1 Å². The van der Waals surface area contributed by atoms with Crippen LogP contribution in [0.15, 0.2) is 59.5 Å². The van der Waals surface area contributed by atoms with Gasteiger partial charge in [0.2, 0.25) is 5.91 Å². The van der Waals surface area contributed by atoms with E-state index in [1.165, 1.54) is 10.8 Å². The quantitative estimate of drug-likeness (QED) is 0.574.